The number of alkyl halides is 2. The predicted octanol–water partition coefficient (Wildman–Crippen LogP) is 3.82. The third-order valence-corrected chi connectivity index (χ3v) is 8.71. The van der Waals surface area contributed by atoms with Crippen molar-refractivity contribution >= 4 is 37.1 Å². The van der Waals surface area contributed by atoms with Gasteiger partial charge in [-0.15, -0.1) is 4.72 Å². The highest BCUT2D eigenvalue weighted by Crippen LogP contribution is 2.38. The number of halogens is 4. The number of benzene rings is 1. The third kappa shape index (κ3) is 5.21. The molecule has 2 atom stereocenters. The zero-order valence-corrected chi connectivity index (χ0v) is 19.2. The van der Waals surface area contributed by atoms with E-state index in [9.17, 15) is 26.1 Å². The van der Waals surface area contributed by atoms with Gasteiger partial charge in [-0.05, 0) is 52.8 Å². The van der Waals surface area contributed by atoms with Gasteiger partial charge in [0, 0.05) is 21.4 Å². The first kappa shape index (κ1) is 25.2. The van der Waals surface area contributed by atoms with Crippen LogP contribution in [-0.2, 0) is 26.7 Å². The SMILES string of the molecule is CC(C)(C)[S+]([O-])N[C@](CS(=O)(=O)C(C)(C)C#N)(c1cc(Br)ccc1F)C(F)F. The monoisotopic (exact) mass is 502 g/mol. The molecule has 1 unspecified atom stereocenters. The number of nitrogens with zero attached hydrogens (tertiary/aromatic N) is 1. The molecule has 28 heavy (non-hydrogen) atoms. The lowest BCUT2D eigenvalue weighted by Crippen LogP contribution is -2.60. The molecule has 1 aromatic carbocycles. The first-order chi connectivity index (χ1) is 12.5. The van der Waals surface area contributed by atoms with Crippen LogP contribution in [0.25, 0.3) is 0 Å². The van der Waals surface area contributed by atoms with Gasteiger partial charge in [-0.25, -0.2) is 21.6 Å². The highest BCUT2D eigenvalue weighted by atomic mass is 79.9. The van der Waals surface area contributed by atoms with Crippen LogP contribution < -0.4 is 4.72 Å². The van der Waals surface area contributed by atoms with Crippen molar-refractivity contribution in [2.75, 3.05) is 5.75 Å². The largest absolute Gasteiger partial charge is 0.598 e. The van der Waals surface area contributed by atoms with Crippen LogP contribution in [0.4, 0.5) is 13.2 Å². The maximum absolute atomic E-state index is 14.6. The highest BCUT2D eigenvalue weighted by molar-refractivity contribution is 9.10. The highest BCUT2D eigenvalue weighted by Gasteiger charge is 2.54. The second-order valence-corrected chi connectivity index (χ2v) is 13.2. The topological polar surface area (TPSA) is 93.0 Å². The Kier molecular flexibility index (Phi) is 7.68. The van der Waals surface area contributed by atoms with Gasteiger partial charge in [-0.1, -0.05) is 15.9 Å². The normalized spacial score (nSPS) is 16.5. The molecule has 11 heteroatoms. The smallest absolute Gasteiger partial charge is 0.266 e. The number of hydrogen-bond donors (Lipinski definition) is 1. The van der Waals surface area contributed by atoms with Gasteiger partial charge < -0.3 is 4.55 Å². The fourth-order valence-corrected chi connectivity index (χ4v) is 4.91. The first-order valence-electron chi connectivity index (χ1n) is 8.07. The van der Waals surface area contributed by atoms with Crippen LogP contribution in [0.5, 0.6) is 0 Å². The van der Waals surface area contributed by atoms with Gasteiger partial charge in [0.25, 0.3) is 6.43 Å². The molecule has 0 amide bonds. The molecule has 0 saturated heterocycles. The van der Waals surface area contributed by atoms with Crippen molar-refractivity contribution in [3.05, 3.63) is 34.1 Å². The minimum Gasteiger partial charge on any atom is -0.598 e. The van der Waals surface area contributed by atoms with Crippen LogP contribution in [0.1, 0.15) is 40.2 Å². The summed E-state index contributed by atoms with van der Waals surface area (Å²) in [5, 5.41) is 9.17. The maximum atomic E-state index is 14.6. The zero-order valence-electron chi connectivity index (χ0n) is 16.0. The van der Waals surface area contributed by atoms with Crippen LogP contribution in [0, 0.1) is 17.1 Å². The molecular weight excluding hydrogens is 481 g/mol. The Morgan fingerprint density at radius 3 is 2.25 bits per heavy atom. The van der Waals surface area contributed by atoms with E-state index in [1.807, 2.05) is 0 Å². The molecule has 1 aromatic rings. The molecule has 1 rings (SSSR count). The number of nitrogens with one attached hydrogen (secondary N) is 1. The van der Waals surface area contributed by atoms with Crippen molar-refractivity contribution in [2.45, 2.75) is 56.1 Å². The predicted molar refractivity (Wildman–Crippen MR) is 106 cm³/mol. The van der Waals surface area contributed by atoms with Crippen molar-refractivity contribution < 1.29 is 26.1 Å². The van der Waals surface area contributed by atoms with E-state index in [4.69, 9.17) is 5.26 Å². The Hall–Kier alpha value is -0.800. The van der Waals surface area contributed by atoms with E-state index in [0.29, 0.717) is 0 Å². The van der Waals surface area contributed by atoms with Gasteiger partial charge in [0.05, 0.1) is 11.8 Å². The van der Waals surface area contributed by atoms with Crippen molar-refractivity contribution in [3.63, 3.8) is 0 Å². The summed E-state index contributed by atoms with van der Waals surface area (Å²) in [7, 11) is -4.50. The lowest BCUT2D eigenvalue weighted by molar-refractivity contribution is 0.0515. The standard InChI is InChI=1S/C17H22BrF3N2O3S2/c1-15(2,3)27(24)23-17(14(20)21,10-28(25,26)16(4,5)9-22)12-8-11(18)6-7-13(12)19/h6-8,14,23H,10H2,1-5H3/t17-,27?/m1/s1. The molecule has 0 fully saturated rings. The summed E-state index contributed by atoms with van der Waals surface area (Å²) in [6.07, 6.45) is -3.45. The third-order valence-electron chi connectivity index (χ3n) is 4.08. The molecule has 0 bridgehead atoms. The Bertz CT molecular complexity index is 867. The number of hydrogen-bond acceptors (Lipinski definition) is 5. The van der Waals surface area contributed by atoms with Gasteiger partial charge >= 0.3 is 0 Å². The van der Waals surface area contributed by atoms with Crippen molar-refractivity contribution in [3.8, 4) is 6.07 Å². The fourth-order valence-electron chi connectivity index (χ4n) is 2.09. The number of sulfone groups is 1. The van der Waals surface area contributed by atoms with E-state index in [2.05, 4.69) is 20.7 Å². The van der Waals surface area contributed by atoms with E-state index in [-0.39, 0.29) is 4.47 Å². The Balaban J connectivity index is 3.78. The lowest BCUT2D eigenvalue weighted by atomic mass is 9.93. The Morgan fingerprint density at radius 2 is 1.82 bits per heavy atom. The quantitative estimate of drug-likeness (QED) is 0.572. The average molecular weight is 503 g/mol. The average Bonchev–Trinajstić information content (AvgIpc) is 2.54. The molecule has 0 aliphatic rings. The first-order valence-corrected chi connectivity index (χ1v) is 11.7. The summed E-state index contributed by atoms with van der Waals surface area (Å²) in [6.45, 7) is 6.62. The van der Waals surface area contributed by atoms with Gasteiger partial charge in [0.15, 0.2) is 20.1 Å². The van der Waals surface area contributed by atoms with Crippen LogP contribution in [-0.4, -0.2) is 34.6 Å². The number of nitriles is 1. The maximum Gasteiger partial charge on any atom is 0.266 e. The van der Waals surface area contributed by atoms with E-state index in [1.165, 1.54) is 26.8 Å². The summed E-state index contributed by atoms with van der Waals surface area (Å²) in [5.41, 5.74) is -3.49. The number of rotatable bonds is 7. The molecule has 0 aromatic heterocycles. The molecule has 1 N–H and O–H groups in total. The van der Waals surface area contributed by atoms with Crippen LogP contribution in [0.2, 0.25) is 0 Å². The molecule has 158 valence electrons. The molecule has 0 aliphatic carbocycles. The van der Waals surface area contributed by atoms with Gasteiger partial charge in [0.2, 0.25) is 0 Å². The molecule has 5 nitrogen and oxygen atoms in total. The summed E-state index contributed by atoms with van der Waals surface area (Å²) in [5.74, 6) is -2.42. The van der Waals surface area contributed by atoms with E-state index >= 15 is 0 Å². The van der Waals surface area contributed by atoms with Crippen LogP contribution in [0.3, 0.4) is 0 Å². The Labute approximate surface area is 175 Å². The summed E-state index contributed by atoms with van der Waals surface area (Å²) < 4.78 is 80.9. The lowest BCUT2D eigenvalue weighted by Gasteiger charge is -2.38. The van der Waals surface area contributed by atoms with Crippen molar-refractivity contribution in [1.82, 2.24) is 4.72 Å². The molecular formula is C17H22BrF3N2O3S2. The molecule has 0 aliphatic heterocycles. The summed E-state index contributed by atoms with van der Waals surface area (Å²) in [6, 6.07) is 4.75. The molecule has 0 spiro atoms. The summed E-state index contributed by atoms with van der Waals surface area (Å²) in [4.78, 5) is 0. The molecule has 0 heterocycles. The summed E-state index contributed by atoms with van der Waals surface area (Å²) >= 11 is 0.894. The molecule has 0 saturated carbocycles. The van der Waals surface area contributed by atoms with Gasteiger partial charge in [-0.3, -0.25) is 0 Å². The van der Waals surface area contributed by atoms with E-state index < -0.39 is 59.8 Å². The van der Waals surface area contributed by atoms with E-state index in [1.54, 1.807) is 6.07 Å². The van der Waals surface area contributed by atoms with E-state index in [0.717, 1.165) is 26.0 Å². The minimum atomic E-state index is -4.50. The minimum absolute atomic E-state index is 0.231. The van der Waals surface area contributed by atoms with Crippen LogP contribution >= 0.6 is 15.9 Å². The van der Waals surface area contributed by atoms with Gasteiger partial charge in [-0.2, -0.15) is 5.26 Å². The van der Waals surface area contributed by atoms with Gasteiger partial charge in [0.1, 0.15) is 10.6 Å². The molecule has 0 radical (unpaired) electrons. The van der Waals surface area contributed by atoms with Crippen LogP contribution in [0.15, 0.2) is 22.7 Å². The second kappa shape index (κ2) is 8.52. The van der Waals surface area contributed by atoms with Crippen molar-refractivity contribution in [2.24, 2.45) is 0 Å². The second-order valence-electron chi connectivity index (χ2n) is 7.76. The Morgan fingerprint density at radius 1 is 1.29 bits per heavy atom. The zero-order chi connectivity index (χ0) is 22.1. The van der Waals surface area contributed by atoms with Crippen molar-refractivity contribution in [1.29, 1.82) is 5.26 Å². The fraction of sp³-hybridized carbons (Fsp3) is 0.588.